The zero-order chi connectivity index (χ0) is 19.9. The van der Waals surface area contributed by atoms with Gasteiger partial charge in [0.25, 0.3) is 0 Å². The van der Waals surface area contributed by atoms with Crippen LogP contribution in [0.1, 0.15) is 6.42 Å². The summed E-state index contributed by atoms with van der Waals surface area (Å²) in [6.07, 6.45) is -3.24. The molecule has 1 aromatic carbocycles. The van der Waals surface area contributed by atoms with Crippen molar-refractivity contribution in [3.05, 3.63) is 24.3 Å². The Hall–Kier alpha value is -1.43. The predicted octanol–water partition coefficient (Wildman–Crippen LogP) is 2.55. The number of para-hydroxylation sites is 2. The van der Waals surface area contributed by atoms with Gasteiger partial charge in [-0.15, -0.1) is 24.0 Å². The van der Waals surface area contributed by atoms with E-state index in [4.69, 9.17) is 4.74 Å². The highest BCUT2D eigenvalue weighted by atomic mass is 127. The number of rotatable bonds is 7. The fourth-order valence-electron chi connectivity index (χ4n) is 3.13. The summed E-state index contributed by atoms with van der Waals surface area (Å²) in [7, 11) is 4.77. The van der Waals surface area contributed by atoms with Gasteiger partial charge in [0.1, 0.15) is 5.75 Å². The van der Waals surface area contributed by atoms with Crippen LogP contribution in [0.15, 0.2) is 29.3 Å². The number of hydrogen-bond donors (Lipinski definition) is 2. The highest BCUT2D eigenvalue weighted by molar-refractivity contribution is 14.0. The molecule has 1 saturated heterocycles. The maximum absolute atomic E-state index is 12.3. The van der Waals surface area contributed by atoms with Crippen LogP contribution in [0.4, 0.5) is 18.9 Å². The second-order valence-electron chi connectivity index (χ2n) is 6.60. The number of nitrogens with one attached hydrogen (secondary N) is 2. The third kappa shape index (κ3) is 7.90. The molecule has 1 heterocycles. The van der Waals surface area contributed by atoms with Gasteiger partial charge in [-0.1, -0.05) is 12.1 Å². The normalized spacial score (nSPS) is 17.5. The van der Waals surface area contributed by atoms with Crippen LogP contribution in [-0.4, -0.2) is 77.0 Å². The molecule has 6 nitrogen and oxygen atoms in total. The minimum atomic E-state index is -4.18. The van der Waals surface area contributed by atoms with Crippen molar-refractivity contribution in [1.29, 1.82) is 0 Å². The van der Waals surface area contributed by atoms with Gasteiger partial charge >= 0.3 is 6.18 Å². The van der Waals surface area contributed by atoms with Gasteiger partial charge < -0.3 is 20.3 Å². The number of ether oxygens (including phenoxy) is 1. The molecular weight excluding hydrogens is 486 g/mol. The zero-order valence-corrected chi connectivity index (χ0v) is 18.8. The van der Waals surface area contributed by atoms with E-state index in [0.29, 0.717) is 12.5 Å². The SMILES string of the molecule is CN=C(NCCN(C)CC(F)(F)F)NC1CCN(c2ccccc2OC)C1.I. The summed E-state index contributed by atoms with van der Waals surface area (Å²) < 4.78 is 42.5. The second kappa shape index (κ2) is 11.5. The van der Waals surface area contributed by atoms with Crippen molar-refractivity contribution in [3.8, 4) is 5.75 Å². The van der Waals surface area contributed by atoms with E-state index in [1.165, 1.54) is 11.9 Å². The molecule has 1 aliphatic heterocycles. The van der Waals surface area contributed by atoms with Crippen LogP contribution in [0.3, 0.4) is 0 Å². The largest absolute Gasteiger partial charge is 0.495 e. The Morgan fingerprint density at radius 2 is 2.07 bits per heavy atom. The van der Waals surface area contributed by atoms with E-state index in [0.717, 1.165) is 30.9 Å². The first-order valence-electron chi connectivity index (χ1n) is 8.93. The number of anilines is 1. The van der Waals surface area contributed by atoms with Crippen molar-refractivity contribution in [1.82, 2.24) is 15.5 Å². The molecule has 0 saturated carbocycles. The molecule has 1 atom stereocenters. The number of likely N-dealkylation sites (N-methyl/N-ethyl adjacent to an activating group) is 1. The molecular formula is C18H29F3IN5O. The predicted molar refractivity (Wildman–Crippen MR) is 117 cm³/mol. The smallest absolute Gasteiger partial charge is 0.401 e. The third-order valence-corrected chi connectivity index (χ3v) is 4.41. The number of alkyl halides is 3. The third-order valence-electron chi connectivity index (χ3n) is 4.41. The lowest BCUT2D eigenvalue weighted by molar-refractivity contribution is -0.142. The number of benzene rings is 1. The van der Waals surface area contributed by atoms with Crippen LogP contribution in [0.5, 0.6) is 5.75 Å². The number of methoxy groups -OCH3 is 1. The number of guanidine groups is 1. The average Bonchev–Trinajstić information content (AvgIpc) is 3.07. The Balaban J connectivity index is 0.00000392. The Kier molecular flexibility index (Phi) is 10.1. The minimum Gasteiger partial charge on any atom is -0.495 e. The van der Waals surface area contributed by atoms with E-state index in [1.807, 2.05) is 24.3 Å². The standard InChI is InChI=1S/C18H28F3N5O.HI/c1-22-17(23-9-11-25(2)13-18(19,20)21)24-14-8-10-26(12-14)15-6-4-5-7-16(15)27-3;/h4-7,14H,8-13H2,1-3H3,(H2,22,23,24);1H. The van der Waals surface area contributed by atoms with E-state index in [-0.39, 0.29) is 36.6 Å². The molecule has 0 aromatic heterocycles. The van der Waals surface area contributed by atoms with E-state index in [2.05, 4.69) is 20.5 Å². The van der Waals surface area contributed by atoms with E-state index in [9.17, 15) is 13.2 Å². The molecule has 0 aliphatic carbocycles. The van der Waals surface area contributed by atoms with Crippen LogP contribution in [0.2, 0.25) is 0 Å². The van der Waals surface area contributed by atoms with E-state index >= 15 is 0 Å². The highest BCUT2D eigenvalue weighted by Gasteiger charge is 2.29. The summed E-state index contributed by atoms with van der Waals surface area (Å²) in [5, 5.41) is 6.42. The Morgan fingerprint density at radius 1 is 1.36 bits per heavy atom. The lowest BCUT2D eigenvalue weighted by Crippen LogP contribution is -2.46. The molecule has 0 amide bonds. The fraction of sp³-hybridized carbons (Fsp3) is 0.611. The van der Waals surface area contributed by atoms with Gasteiger partial charge in [0.15, 0.2) is 5.96 Å². The monoisotopic (exact) mass is 515 g/mol. The zero-order valence-electron chi connectivity index (χ0n) is 16.4. The van der Waals surface area contributed by atoms with Gasteiger partial charge in [-0.3, -0.25) is 9.89 Å². The maximum atomic E-state index is 12.3. The molecule has 28 heavy (non-hydrogen) atoms. The molecule has 2 rings (SSSR count). The maximum Gasteiger partial charge on any atom is 0.401 e. The topological polar surface area (TPSA) is 52.1 Å². The summed E-state index contributed by atoms with van der Waals surface area (Å²) in [6.45, 7) is 1.43. The number of hydrogen-bond acceptors (Lipinski definition) is 4. The van der Waals surface area contributed by atoms with Crippen molar-refractivity contribution in [2.24, 2.45) is 4.99 Å². The molecule has 1 aromatic rings. The first-order valence-corrected chi connectivity index (χ1v) is 8.93. The first-order chi connectivity index (χ1) is 12.8. The average molecular weight is 515 g/mol. The van der Waals surface area contributed by atoms with Crippen molar-refractivity contribution in [3.63, 3.8) is 0 Å². The Labute approximate surface area is 181 Å². The summed E-state index contributed by atoms with van der Waals surface area (Å²) in [5.41, 5.74) is 1.06. The summed E-state index contributed by atoms with van der Waals surface area (Å²) >= 11 is 0. The number of halogens is 4. The van der Waals surface area contributed by atoms with Gasteiger partial charge in [-0.2, -0.15) is 13.2 Å². The van der Waals surface area contributed by atoms with Gasteiger partial charge in [0, 0.05) is 39.3 Å². The molecule has 1 unspecified atom stereocenters. The molecule has 10 heteroatoms. The van der Waals surface area contributed by atoms with Crippen LogP contribution in [0, 0.1) is 0 Å². The van der Waals surface area contributed by atoms with Crippen LogP contribution >= 0.6 is 24.0 Å². The fourth-order valence-corrected chi connectivity index (χ4v) is 3.13. The molecule has 160 valence electrons. The molecule has 2 N–H and O–H groups in total. The summed E-state index contributed by atoms with van der Waals surface area (Å²) in [4.78, 5) is 7.65. The van der Waals surface area contributed by atoms with Crippen molar-refractivity contribution >= 4 is 35.6 Å². The van der Waals surface area contributed by atoms with Crippen molar-refractivity contribution < 1.29 is 17.9 Å². The Morgan fingerprint density at radius 3 is 2.71 bits per heavy atom. The Bertz CT molecular complexity index is 629. The van der Waals surface area contributed by atoms with Crippen molar-refractivity contribution in [2.45, 2.75) is 18.6 Å². The number of nitrogens with zero attached hydrogens (tertiary/aromatic N) is 3. The lowest BCUT2D eigenvalue weighted by Gasteiger charge is -2.23. The summed E-state index contributed by atoms with van der Waals surface area (Å²) in [5.74, 6) is 1.44. The molecule has 0 spiro atoms. The van der Waals surface area contributed by atoms with Crippen LogP contribution in [-0.2, 0) is 0 Å². The van der Waals surface area contributed by atoms with Crippen LogP contribution < -0.4 is 20.3 Å². The molecule has 1 fully saturated rings. The molecule has 0 radical (unpaired) electrons. The quantitative estimate of drug-likeness (QED) is 0.332. The van der Waals surface area contributed by atoms with Gasteiger partial charge in [0.2, 0.25) is 0 Å². The number of aliphatic imine (C=N–C) groups is 1. The highest BCUT2D eigenvalue weighted by Crippen LogP contribution is 2.30. The molecule has 1 aliphatic rings. The van der Waals surface area contributed by atoms with Gasteiger partial charge in [0.05, 0.1) is 19.3 Å². The lowest BCUT2D eigenvalue weighted by atomic mass is 10.2. The van der Waals surface area contributed by atoms with E-state index < -0.39 is 12.7 Å². The van der Waals surface area contributed by atoms with Gasteiger partial charge in [-0.05, 0) is 25.6 Å². The molecule has 0 bridgehead atoms. The second-order valence-corrected chi connectivity index (χ2v) is 6.60. The summed E-state index contributed by atoms with van der Waals surface area (Å²) in [6, 6.07) is 8.10. The van der Waals surface area contributed by atoms with E-state index in [1.54, 1.807) is 14.2 Å². The van der Waals surface area contributed by atoms with Crippen molar-refractivity contribution in [2.75, 3.05) is 58.8 Å². The van der Waals surface area contributed by atoms with Crippen LogP contribution in [0.25, 0.3) is 0 Å². The minimum absolute atomic E-state index is 0. The first kappa shape index (κ1) is 24.6. The van der Waals surface area contributed by atoms with Gasteiger partial charge in [-0.25, -0.2) is 0 Å².